The molecule has 0 aliphatic carbocycles. The van der Waals surface area contributed by atoms with Gasteiger partial charge in [-0.2, -0.15) is 0 Å². The van der Waals surface area contributed by atoms with Crippen molar-refractivity contribution in [2.45, 2.75) is 38.0 Å². The number of rotatable bonds is 8. The van der Waals surface area contributed by atoms with Gasteiger partial charge in [-0.1, -0.05) is 26.0 Å². The van der Waals surface area contributed by atoms with E-state index in [0.717, 1.165) is 19.3 Å². The summed E-state index contributed by atoms with van der Waals surface area (Å²) in [4.78, 5) is 0.276. The zero-order valence-corrected chi connectivity index (χ0v) is 12.5. The Bertz CT molecular complexity index is 459. The van der Waals surface area contributed by atoms with Gasteiger partial charge >= 0.3 is 0 Å². The van der Waals surface area contributed by atoms with Gasteiger partial charge in [0.2, 0.25) is 10.0 Å². The van der Waals surface area contributed by atoms with Crippen LogP contribution in [0.1, 0.15) is 33.1 Å². The second-order valence-electron chi connectivity index (χ2n) is 4.79. The van der Waals surface area contributed by atoms with Crippen LogP contribution in [0, 0.1) is 11.5 Å². The molecule has 0 aliphatic heterocycles. The fourth-order valence-corrected chi connectivity index (χ4v) is 3.11. The Kier molecular flexibility index (Phi) is 5.97. The lowest BCUT2D eigenvalue weighted by Gasteiger charge is -2.30. The highest BCUT2D eigenvalue weighted by Gasteiger charge is 2.24. The van der Waals surface area contributed by atoms with Crippen molar-refractivity contribution in [3.63, 3.8) is 0 Å². The second-order valence-corrected chi connectivity index (χ2v) is 6.56. The maximum atomic E-state index is 12.0. The maximum absolute atomic E-state index is 12.0. The van der Waals surface area contributed by atoms with Gasteiger partial charge in [-0.3, -0.25) is 0 Å². The third-order valence-corrected chi connectivity index (χ3v) is 5.36. The van der Waals surface area contributed by atoms with Gasteiger partial charge in [-0.15, -0.1) is 0 Å². The molecule has 0 aromatic heterocycles. The van der Waals surface area contributed by atoms with Crippen molar-refractivity contribution in [1.82, 2.24) is 4.72 Å². The summed E-state index contributed by atoms with van der Waals surface area (Å²) in [6, 6.07) is 9.07. The summed E-state index contributed by atoms with van der Waals surface area (Å²) < 4.78 is 26.7. The highest BCUT2D eigenvalue weighted by Crippen LogP contribution is 2.28. The average Bonchev–Trinajstić information content (AvgIpc) is 2.45. The van der Waals surface area contributed by atoms with Crippen molar-refractivity contribution < 1.29 is 8.42 Å². The molecular formula is C14H23N2O2S. The SMILES string of the molecule is CCC(CC)(CN)CCNS(=O)(=O)c1cc[c]cc1. The fraction of sp³-hybridized carbons (Fsp3) is 0.571. The van der Waals surface area contributed by atoms with Crippen LogP contribution in [0.4, 0.5) is 0 Å². The molecular weight excluding hydrogens is 260 g/mol. The van der Waals surface area contributed by atoms with Gasteiger partial charge in [-0.05, 0) is 49.4 Å². The molecule has 0 saturated heterocycles. The summed E-state index contributed by atoms with van der Waals surface area (Å²) in [6.07, 6.45) is 2.68. The monoisotopic (exact) mass is 283 g/mol. The molecule has 0 fully saturated rings. The topological polar surface area (TPSA) is 72.2 Å². The standard InChI is InChI=1S/C14H23N2O2S/c1-3-14(4-2,12-15)10-11-16-19(17,18)13-8-6-5-7-9-13/h6-9,16H,3-4,10-12,15H2,1-2H3. The highest BCUT2D eigenvalue weighted by molar-refractivity contribution is 7.89. The summed E-state index contributed by atoms with van der Waals surface area (Å²) >= 11 is 0. The molecule has 0 atom stereocenters. The van der Waals surface area contributed by atoms with Crippen molar-refractivity contribution in [3.05, 3.63) is 30.3 Å². The second kappa shape index (κ2) is 7.03. The van der Waals surface area contributed by atoms with Gasteiger partial charge in [0.1, 0.15) is 0 Å². The lowest BCUT2D eigenvalue weighted by Crippen LogP contribution is -2.34. The van der Waals surface area contributed by atoms with Crippen LogP contribution in [0.3, 0.4) is 0 Å². The molecule has 4 nitrogen and oxygen atoms in total. The average molecular weight is 283 g/mol. The quantitative estimate of drug-likeness (QED) is 0.765. The first kappa shape index (κ1) is 16.1. The molecule has 0 aliphatic rings. The Morgan fingerprint density at radius 2 is 1.84 bits per heavy atom. The third-order valence-electron chi connectivity index (χ3n) is 3.88. The predicted molar refractivity (Wildman–Crippen MR) is 77.2 cm³/mol. The Morgan fingerprint density at radius 3 is 2.32 bits per heavy atom. The van der Waals surface area contributed by atoms with E-state index >= 15 is 0 Å². The molecule has 1 aromatic carbocycles. The van der Waals surface area contributed by atoms with Crippen LogP contribution < -0.4 is 10.5 Å². The Labute approximate surface area is 116 Å². The van der Waals surface area contributed by atoms with Gasteiger partial charge in [0.15, 0.2) is 0 Å². The molecule has 1 radical (unpaired) electrons. The minimum Gasteiger partial charge on any atom is -0.330 e. The number of nitrogens with one attached hydrogen (secondary N) is 1. The number of nitrogens with two attached hydrogens (primary N) is 1. The normalized spacial score (nSPS) is 12.6. The van der Waals surface area contributed by atoms with Crippen LogP contribution >= 0.6 is 0 Å². The molecule has 0 saturated carbocycles. The minimum absolute atomic E-state index is 0.0347. The fourth-order valence-electron chi connectivity index (χ4n) is 2.08. The summed E-state index contributed by atoms with van der Waals surface area (Å²) in [5.74, 6) is 0. The number of hydrogen-bond donors (Lipinski definition) is 2. The van der Waals surface area contributed by atoms with Crippen LogP contribution in [0.15, 0.2) is 29.2 Å². The lowest BCUT2D eigenvalue weighted by atomic mass is 9.79. The molecule has 0 unspecified atom stereocenters. The third kappa shape index (κ3) is 4.30. The Hall–Kier alpha value is -0.910. The van der Waals surface area contributed by atoms with E-state index in [1.54, 1.807) is 12.1 Å². The molecule has 0 spiro atoms. The largest absolute Gasteiger partial charge is 0.330 e. The van der Waals surface area contributed by atoms with Crippen LogP contribution in [0.25, 0.3) is 0 Å². The zero-order valence-electron chi connectivity index (χ0n) is 11.6. The van der Waals surface area contributed by atoms with E-state index in [1.165, 1.54) is 12.1 Å². The molecule has 19 heavy (non-hydrogen) atoms. The first-order valence-electron chi connectivity index (χ1n) is 6.65. The van der Waals surface area contributed by atoms with Gasteiger partial charge in [0.05, 0.1) is 4.90 Å². The van der Waals surface area contributed by atoms with Gasteiger partial charge < -0.3 is 5.73 Å². The van der Waals surface area contributed by atoms with Crippen LogP contribution in [0.5, 0.6) is 0 Å². The first-order chi connectivity index (χ1) is 8.99. The van der Waals surface area contributed by atoms with E-state index in [-0.39, 0.29) is 10.3 Å². The smallest absolute Gasteiger partial charge is 0.240 e. The van der Waals surface area contributed by atoms with Crippen molar-refractivity contribution >= 4 is 10.0 Å². The number of benzene rings is 1. The molecule has 0 heterocycles. The molecule has 3 N–H and O–H groups in total. The first-order valence-corrected chi connectivity index (χ1v) is 8.14. The van der Waals surface area contributed by atoms with Gasteiger partial charge in [-0.25, -0.2) is 13.1 Å². The molecule has 1 rings (SSSR count). The minimum atomic E-state index is -3.42. The predicted octanol–water partition coefficient (Wildman–Crippen LogP) is 1.92. The zero-order chi connectivity index (χ0) is 14.4. The van der Waals surface area contributed by atoms with Crippen LogP contribution in [0.2, 0.25) is 0 Å². The number of hydrogen-bond acceptors (Lipinski definition) is 3. The van der Waals surface area contributed by atoms with Gasteiger partial charge in [0, 0.05) is 6.54 Å². The summed E-state index contributed by atoms with van der Waals surface area (Å²) in [6.45, 7) is 5.19. The van der Waals surface area contributed by atoms with Crippen LogP contribution in [-0.4, -0.2) is 21.5 Å². The Balaban J connectivity index is 2.62. The summed E-state index contributed by atoms with van der Waals surface area (Å²) in [5.41, 5.74) is 5.84. The molecule has 5 heteroatoms. The Morgan fingerprint density at radius 1 is 1.26 bits per heavy atom. The molecule has 0 bridgehead atoms. The van der Waals surface area contributed by atoms with E-state index in [2.05, 4.69) is 24.6 Å². The van der Waals surface area contributed by atoms with E-state index in [1.807, 2.05) is 0 Å². The van der Waals surface area contributed by atoms with Crippen molar-refractivity contribution in [3.8, 4) is 0 Å². The summed E-state index contributed by atoms with van der Waals surface area (Å²) in [7, 11) is -3.42. The molecule has 107 valence electrons. The number of sulfonamides is 1. The maximum Gasteiger partial charge on any atom is 0.240 e. The highest BCUT2D eigenvalue weighted by atomic mass is 32.2. The van der Waals surface area contributed by atoms with Crippen LogP contribution in [-0.2, 0) is 10.0 Å². The van der Waals surface area contributed by atoms with Crippen molar-refractivity contribution in [2.24, 2.45) is 11.1 Å². The van der Waals surface area contributed by atoms with E-state index in [9.17, 15) is 8.42 Å². The van der Waals surface area contributed by atoms with Crippen molar-refractivity contribution in [1.29, 1.82) is 0 Å². The van der Waals surface area contributed by atoms with Crippen molar-refractivity contribution in [2.75, 3.05) is 13.1 Å². The molecule has 1 aromatic rings. The van der Waals surface area contributed by atoms with E-state index < -0.39 is 10.0 Å². The molecule has 0 amide bonds. The summed E-state index contributed by atoms with van der Waals surface area (Å²) in [5, 5.41) is 0. The van der Waals surface area contributed by atoms with E-state index in [0.29, 0.717) is 13.1 Å². The van der Waals surface area contributed by atoms with E-state index in [4.69, 9.17) is 5.73 Å². The van der Waals surface area contributed by atoms with Gasteiger partial charge in [0.25, 0.3) is 0 Å². The lowest BCUT2D eigenvalue weighted by molar-refractivity contribution is 0.252.